The molecule has 9 nitrogen and oxygen atoms in total. The van der Waals surface area contributed by atoms with E-state index in [1.165, 1.54) is 22.7 Å². The van der Waals surface area contributed by atoms with Crippen LogP contribution in [-0.2, 0) is 25.6 Å². The van der Waals surface area contributed by atoms with Gasteiger partial charge in [-0.1, -0.05) is 12.1 Å². The first-order chi connectivity index (χ1) is 13.6. The number of benzene rings is 1. The largest absolute Gasteiger partial charge is 0.493 e. The molecule has 3 N–H and O–H groups in total. The van der Waals surface area contributed by atoms with Gasteiger partial charge in [-0.3, -0.25) is 14.4 Å². The Morgan fingerprint density at radius 3 is 2.69 bits per heavy atom. The standard InChI is InChI=1S/C19H20N2O7S/c1-19(2)13(18(26)27)21-15(23)12(16(21)29-19)20-14(22)11(17(24)25)9-3-4-10-8(7-9)5-6-28-10/h3-4,7,11-13,16H,5-6H2,1-2H3,(H,20,22)(H,24,25)(H,26,27). The highest BCUT2D eigenvalue weighted by atomic mass is 32.2. The topological polar surface area (TPSA) is 133 Å². The summed E-state index contributed by atoms with van der Waals surface area (Å²) in [5.41, 5.74) is 1.15. The van der Waals surface area contributed by atoms with Crippen LogP contribution in [0.15, 0.2) is 18.2 Å². The molecule has 0 aliphatic carbocycles. The summed E-state index contributed by atoms with van der Waals surface area (Å²) in [5, 5.41) is 21.1. The first-order valence-electron chi connectivity index (χ1n) is 9.13. The second-order valence-electron chi connectivity index (χ2n) is 7.82. The van der Waals surface area contributed by atoms with E-state index in [2.05, 4.69) is 5.32 Å². The molecular formula is C19H20N2O7S. The van der Waals surface area contributed by atoms with Gasteiger partial charge in [0.25, 0.3) is 0 Å². The number of thioether (sulfide) groups is 1. The van der Waals surface area contributed by atoms with Crippen molar-refractivity contribution in [3.8, 4) is 5.75 Å². The zero-order valence-electron chi connectivity index (χ0n) is 15.7. The van der Waals surface area contributed by atoms with Gasteiger partial charge in [-0.25, -0.2) is 4.79 Å². The molecule has 10 heteroatoms. The Morgan fingerprint density at radius 1 is 1.31 bits per heavy atom. The van der Waals surface area contributed by atoms with Gasteiger partial charge in [-0.2, -0.15) is 0 Å². The summed E-state index contributed by atoms with van der Waals surface area (Å²) >= 11 is 1.29. The number of hydrogen-bond donors (Lipinski definition) is 3. The Hall–Kier alpha value is -2.75. The van der Waals surface area contributed by atoms with Gasteiger partial charge >= 0.3 is 11.9 Å². The SMILES string of the molecule is CC1(C)SC2C(NC(=O)C(C(=O)O)c3ccc4c(c3)CCO4)C(=O)N2C1C(=O)O. The third-order valence-electron chi connectivity index (χ3n) is 5.53. The van der Waals surface area contributed by atoms with Gasteiger partial charge in [0.2, 0.25) is 11.8 Å². The van der Waals surface area contributed by atoms with Crippen LogP contribution in [-0.4, -0.2) is 67.7 Å². The normalized spacial score (nSPS) is 27.3. The molecule has 0 radical (unpaired) electrons. The van der Waals surface area contributed by atoms with E-state index in [0.717, 1.165) is 5.56 Å². The number of carbonyl (C=O) groups is 4. The number of hydrogen-bond acceptors (Lipinski definition) is 6. The van der Waals surface area contributed by atoms with E-state index in [1.807, 2.05) is 0 Å². The monoisotopic (exact) mass is 420 g/mol. The highest BCUT2D eigenvalue weighted by Gasteiger charge is 2.64. The number of ether oxygens (including phenoxy) is 1. The molecule has 154 valence electrons. The molecule has 0 spiro atoms. The van der Waals surface area contributed by atoms with Gasteiger partial charge < -0.3 is 25.2 Å². The van der Waals surface area contributed by atoms with Crippen molar-refractivity contribution in [3.63, 3.8) is 0 Å². The number of rotatable bonds is 5. The molecule has 29 heavy (non-hydrogen) atoms. The molecule has 2 saturated heterocycles. The van der Waals surface area contributed by atoms with Crippen LogP contribution in [0.3, 0.4) is 0 Å². The average molecular weight is 420 g/mol. The van der Waals surface area contributed by atoms with Crippen molar-refractivity contribution in [2.24, 2.45) is 0 Å². The smallest absolute Gasteiger partial charge is 0.327 e. The number of β-lactam (4-membered cyclic amide) rings is 1. The molecule has 4 atom stereocenters. The number of amides is 2. The van der Waals surface area contributed by atoms with Crippen LogP contribution >= 0.6 is 11.8 Å². The van der Waals surface area contributed by atoms with Crippen LogP contribution in [0.4, 0.5) is 0 Å². The summed E-state index contributed by atoms with van der Waals surface area (Å²) in [4.78, 5) is 50.0. The van der Waals surface area contributed by atoms with Crippen LogP contribution in [0.5, 0.6) is 5.75 Å². The maximum Gasteiger partial charge on any atom is 0.327 e. The lowest BCUT2D eigenvalue weighted by atomic mass is 9.93. The number of carbonyl (C=O) groups excluding carboxylic acids is 2. The van der Waals surface area contributed by atoms with Crippen molar-refractivity contribution in [1.29, 1.82) is 0 Å². The Morgan fingerprint density at radius 2 is 2.03 bits per heavy atom. The minimum atomic E-state index is -1.47. The molecule has 0 bridgehead atoms. The first kappa shape index (κ1) is 19.6. The zero-order valence-corrected chi connectivity index (χ0v) is 16.6. The van der Waals surface area contributed by atoms with Crippen molar-refractivity contribution in [3.05, 3.63) is 29.3 Å². The summed E-state index contributed by atoms with van der Waals surface area (Å²) in [5.74, 6) is -4.54. The molecule has 3 aliphatic heterocycles. The van der Waals surface area contributed by atoms with Crippen molar-refractivity contribution in [2.45, 2.75) is 48.4 Å². The Bertz CT molecular complexity index is 931. The fourth-order valence-electron chi connectivity index (χ4n) is 4.17. The number of carboxylic acids is 2. The summed E-state index contributed by atoms with van der Waals surface area (Å²) in [6, 6.07) is 2.87. The van der Waals surface area contributed by atoms with Crippen molar-refractivity contribution >= 4 is 35.5 Å². The predicted molar refractivity (Wildman–Crippen MR) is 102 cm³/mol. The summed E-state index contributed by atoms with van der Waals surface area (Å²) in [7, 11) is 0. The summed E-state index contributed by atoms with van der Waals surface area (Å²) in [6.45, 7) is 3.97. The molecule has 0 saturated carbocycles. The second kappa shape index (κ2) is 6.65. The average Bonchev–Trinajstić information content (AvgIpc) is 3.19. The highest BCUT2D eigenvalue weighted by molar-refractivity contribution is 8.01. The molecule has 0 aromatic heterocycles. The molecular weight excluding hydrogens is 400 g/mol. The third kappa shape index (κ3) is 3.02. The summed E-state index contributed by atoms with van der Waals surface area (Å²) < 4.78 is 4.68. The molecule has 3 heterocycles. The van der Waals surface area contributed by atoms with Gasteiger partial charge in [0, 0.05) is 11.2 Å². The molecule has 2 amide bonds. The molecule has 3 aliphatic rings. The minimum absolute atomic E-state index is 0.311. The first-order valence-corrected chi connectivity index (χ1v) is 10.0. The lowest BCUT2D eigenvalue weighted by Crippen LogP contribution is -2.71. The van der Waals surface area contributed by atoms with Crippen LogP contribution in [0.2, 0.25) is 0 Å². The van der Waals surface area contributed by atoms with E-state index in [-0.39, 0.29) is 0 Å². The number of carboxylic acid groups (broad SMARTS) is 2. The van der Waals surface area contributed by atoms with Gasteiger partial charge in [-0.05, 0) is 31.0 Å². The second-order valence-corrected chi connectivity index (χ2v) is 9.59. The fraction of sp³-hybridized carbons (Fsp3) is 0.474. The van der Waals surface area contributed by atoms with E-state index < -0.39 is 51.9 Å². The van der Waals surface area contributed by atoms with Crippen LogP contribution < -0.4 is 10.1 Å². The lowest BCUT2D eigenvalue weighted by Gasteiger charge is -2.43. The van der Waals surface area contributed by atoms with Crippen molar-refractivity contribution in [2.75, 3.05) is 6.61 Å². The molecule has 1 aromatic rings. The Labute approximate surface area is 170 Å². The zero-order chi connectivity index (χ0) is 21.1. The van der Waals surface area contributed by atoms with Crippen LogP contribution in [0.1, 0.15) is 30.9 Å². The summed E-state index contributed by atoms with van der Waals surface area (Å²) in [6.07, 6.45) is 0.636. The van der Waals surface area contributed by atoms with Crippen molar-refractivity contribution < 1.29 is 34.1 Å². The molecule has 1 aromatic carbocycles. The highest BCUT2D eigenvalue weighted by Crippen LogP contribution is 2.50. The van der Waals surface area contributed by atoms with E-state index >= 15 is 0 Å². The maximum atomic E-state index is 12.8. The van der Waals surface area contributed by atoms with E-state index in [1.54, 1.807) is 26.0 Å². The molecule has 2 fully saturated rings. The van der Waals surface area contributed by atoms with Crippen LogP contribution in [0, 0.1) is 0 Å². The van der Waals surface area contributed by atoms with Crippen LogP contribution in [0.25, 0.3) is 0 Å². The molecule has 4 rings (SSSR count). The quantitative estimate of drug-likeness (QED) is 0.461. The van der Waals surface area contributed by atoms with Gasteiger partial charge in [0.1, 0.15) is 23.2 Å². The van der Waals surface area contributed by atoms with Gasteiger partial charge in [0.15, 0.2) is 5.92 Å². The molecule has 4 unspecified atom stereocenters. The van der Waals surface area contributed by atoms with Gasteiger partial charge in [-0.15, -0.1) is 11.8 Å². The fourth-order valence-corrected chi connectivity index (χ4v) is 5.80. The number of nitrogens with zero attached hydrogens (tertiary/aromatic N) is 1. The van der Waals surface area contributed by atoms with Gasteiger partial charge in [0.05, 0.1) is 6.61 Å². The van der Waals surface area contributed by atoms with E-state index in [0.29, 0.717) is 24.3 Å². The Kier molecular flexibility index (Phi) is 4.49. The number of aliphatic carboxylic acids is 2. The van der Waals surface area contributed by atoms with E-state index in [9.17, 15) is 29.4 Å². The Balaban J connectivity index is 1.53. The van der Waals surface area contributed by atoms with Crippen molar-refractivity contribution in [1.82, 2.24) is 10.2 Å². The minimum Gasteiger partial charge on any atom is -0.493 e. The lowest BCUT2D eigenvalue weighted by molar-refractivity contribution is -0.161. The number of nitrogens with one attached hydrogen (secondary N) is 1. The van der Waals surface area contributed by atoms with E-state index in [4.69, 9.17) is 4.74 Å². The predicted octanol–water partition coefficient (Wildman–Crippen LogP) is 0.421. The maximum absolute atomic E-state index is 12.8. The third-order valence-corrected chi connectivity index (χ3v) is 7.10. The number of fused-ring (bicyclic) bond motifs is 2.